The number of thiocarbonyl (C=S) groups is 2. The van der Waals surface area contributed by atoms with E-state index in [4.69, 9.17) is 24.4 Å². The van der Waals surface area contributed by atoms with Crippen LogP contribution in [-0.4, -0.2) is 64.6 Å². The van der Waals surface area contributed by atoms with Gasteiger partial charge in [0.2, 0.25) is 0 Å². The summed E-state index contributed by atoms with van der Waals surface area (Å²) < 4.78 is 0. The molecule has 0 heterocycles. The third-order valence-electron chi connectivity index (χ3n) is 3.75. The molecular weight excluding hydrogens is 364 g/mol. The van der Waals surface area contributed by atoms with Gasteiger partial charge in [-0.2, -0.15) is 0 Å². The van der Waals surface area contributed by atoms with Crippen LogP contribution in [0.3, 0.4) is 0 Å². The van der Waals surface area contributed by atoms with E-state index in [0.717, 1.165) is 39.3 Å². The lowest BCUT2D eigenvalue weighted by molar-refractivity contribution is -0.856. The van der Waals surface area contributed by atoms with E-state index >= 15 is 0 Å². The summed E-state index contributed by atoms with van der Waals surface area (Å²) in [4.78, 5) is 2.80. The van der Waals surface area contributed by atoms with Crippen molar-refractivity contribution in [2.24, 2.45) is 0 Å². The average molecular weight is 399 g/mol. The van der Waals surface area contributed by atoms with Gasteiger partial charge in [0.15, 0.2) is 10.2 Å². The highest BCUT2D eigenvalue weighted by atomic mass is 32.1. The fraction of sp³-hybridized carbons (Fsp3) is 0.556. The Bertz CT molecular complexity index is 496. The molecule has 26 heavy (non-hydrogen) atoms. The predicted molar refractivity (Wildman–Crippen MR) is 117 cm³/mol. The molecule has 1 aromatic carbocycles. The molecule has 1 aromatic rings. The van der Waals surface area contributed by atoms with Gasteiger partial charge in [-0.1, -0.05) is 24.3 Å². The fourth-order valence-corrected chi connectivity index (χ4v) is 2.47. The van der Waals surface area contributed by atoms with E-state index in [0.29, 0.717) is 10.2 Å². The summed E-state index contributed by atoms with van der Waals surface area (Å²) in [5, 5.41) is 14.3. The lowest BCUT2D eigenvalue weighted by Gasteiger charge is -2.13. The van der Waals surface area contributed by atoms with E-state index in [2.05, 4.69) is 73.7 Å². The molecule has 0 aromatic heterocycles. The van der Waals surface area contributed by atoms with Crippen LogP contribution in [0.2, 0.25) is 0 Å². The van der Waals surface area contributed by atoms with Crippen molar-refractivity contribution in [3.63, 3.8) is 0 Å². The number of likely N-dealkylation sites (N-methyl/N-ethyl adjacent to an activating group) is 2. The lowest BCUT2D eigenvalue weighted by atomic mass is 10.1. The maximum atomic E-state index is 5.29. The van der Waals surface area contributed by atoms with E-state index in [1.807, 2.05) is 0 Å². The zero-order chi connectivity index (χ0) is 19.4. The first kappa shape index (κ1) is 22.6. The molecule has 0 spiro atoms. The van der Waals surface area contributed by atoms with Crippen LogP contribution in [0, 0.1) is 0 Å². The van der Waals surface area contributed by atoms with Gasteiger partial charge < -0.3 is 31.1 Å². The molecule has 0 aliphatic heterocycles. The highest BCUT2D eigenvalue weighted by Gasteiger charge is 2.01. The molecule has 0 saturated heterocycles. The SMILES string of the molecule is C[NH+](C)CCNC(=S)NCc1ccc(CNC(=S)NCC[NH+](C)C)cc1. The van der Waals surface area contributed by atoms with Crippen LogP contribution < -0.4 is 31.1 Å². The van der Waals surface area contributed by atoms with Crippen molar-refractivity contribution in [2.75, 3.05) is 54.4 Å². The van der Waals surface area contributed by atoms with Crippen molar-refractivity contribution in [3.8, 4) is 0 Å². The Balaban J connectivity index is 2.24. The lowest BCUT2D eigenvalue weighted by Crippen LogP contribution is -3.06. The molecule has 0 radical (unpaired) electrons. The van der Waals surface area contributed by atoms with E-state index in [1.54, 1.807) is 0 Å². The molecule has 0 aliphatic rings. The summed E-state index contributed by atoms with van der Waals surface area (Å²) in [6.45, 7) is 5.28. The monoisotopic (exact) mass is 398 g/mol. The highest BCUT2D eigenvalue weighted by Crippen LogP contribution is 2.04. The second kappa shape index (κ2) is 12.8. The van der Waals surface area contributed by atoms with Crippen LogP contribution in [0.25, 0.3) is 0 Å². The van der Waals surface area contributed by atoms with Crippen molar-refractivity contribution in [1.29, 1.82) is 0 Å². The zero-order valence-electron chi connectivity index (χ0n) is 16.4. The third kappa shape index (κ3) is 11.2. The smallest absolute Gasteiger partial charge is 0.166 e. The minimum absolute atomic E-state index is 0.702. The topological polar surface area (TPSA) is 57.0 Å². The Hall–Kier alpha value is -1.48. The molecule has 0 saturated carbocycles. The maximum absolute atomic E-state index is 5.29. The molecule has 0 atom stereocenters. The van der Waals surface area contributed by atoms with Gasteiger partial charge in [0.05, 0.1) is 54.4 Å². The van der Waals surface area contributed by atoms with Crippen LogP contribution in [-0.2, 0) is 13.1 Å². The summed E-state index contributed by atoms with van der Waals surface area (Å²) in [5.74, 6) is 0. The molecule has 0 bridgehead atoms. The number of hydrogen-bond donors (Lipinski definition) is 6. The van der Waals surface area contributed by atoms with Gasteiger partial charge in [-0.3, -0.25) is 0 Å². The molecule has 0 amide bonds. The summed E-state index contributed by atoms with van der Waals surface area (Å²) in [5.41, 5.74) is 2.40. The summed E-state index contributed by atoms with van der Waals surface area (Å²) in [6.07, 6.45) is 0. The molecule has 6 nitrogen and oxygen atoms in total. The van der Waals surface area contributed by atoms with Crippen LogP contribution in [0.4, 0.5) is 0 Å². The van der Waals surface area contributed by atoms with Crippen LogP contribution in [0.5, 0.6) is 0 Å². The molecule has 0 unspecified atom stereocenters. The molecule has 0 aliphatic carbocycles. The minimum Gasteiger partial charge on any atom is -0.359 e. The Labute approximate surface area is 168 Å². The Morgan fingerprint density at radius 1 is 0.692 bits per heavy atom. The Morgan fingerprint density at radius 3 is 1.35 bits per heavy atom. The highest BCUT2D eigenvalue weighted by molar-refractivity contribution is 7.80. The average Bonchev–Trinajstić information content (AvgIpc) is 2.58. The summed E-state index contributed by atoms with van der Waals surface area (Å²) in [6, 6.07) is 8.45. The second-order valence-corrected chi connectivity index (χ2v) is 7.77. The molecule has 146 valence electrons. The van der Waals surface area contributed by atoms with E-state index < -0.39 is 0 Å². The molecule has 1 rings (SSSR count). The normalized spacial score (nSPS) is 10.7. The fourth-order valence-electron chi connectivity index (χ4n) is 2.12. The Morgan fingerprint density at radius 2 is 1.04 bits per heavy atom. The summed E-state index contributed by atoms with van der Waals surface area (Å²) >= 11 is 10.6. The van der Waals surface area contributed by atoms with Crippen molar-refractivity contribution in [2.45, 2.75) is 13.1 Å². The first-order chi connectivity index (χ1) is 12.4. The second-order valence-electron chi connectivity index (χ2n) is 6.95. The molecule has 8 heteroatoms. The maximum Gasteiger partial charge on any atom is 0.166 e. The largest absolute Gasteiger partial charge is 0.359 e. The van der Waals surface area contributed by atoms with Gasteiger partial charge in [0.25, 0.3) is 0 Å². The first-order valence-corrected chi connectivity index (χ1v) is 9.87. The van der Waals surface area contributed by atoms with Gasteiger partial charge >= 0.3 is 0 Å². The quantitative estimate of drug-likeness (QED) is 0.254. The standard InChI is InChI=1S/C18H32N6S2/c1-23(2)11-9-19-17(25)21-13-15-5-7-16(8-6-15)14-22-18(26)20-10-12-24(3)4/h5-8H,9-14H2,1-4H3,(H2,19,21,25)(H2,20,22,26)/p+2. The van der Waals surface area contributed by atoms with Crippen LogP contribution in [0.1, 0.15) is 11.1 Å². The van der Waals surface area contributed by atoms with Crippen LogP contribution in [0.15, 0.2) is 24.3 Å². The van der Waals surface area contributed by atoms with Crippen molar-refractivity contribution in [1.82, 2.24) is 21.3 Å². The van der Waals surface area contributed by atoms with Gasteiger partial charge in [-0.25, -0.2) is 0 Å². The zero-order valence-corrected chi connectivity index (χ0v) is 18.0. The predicted octanol–water partition coefficient (Wildman–Crippen LogP) is -2.10. The van der Waals surface area contributed by atoms with Gasteiger partial charge in [0.1, 0.15) is 0 Å². The van der Waals surface area contributed by atoms with Gasteiger partial charge in [-0.15, -0.1) is 0 Å². The van der Waals surface area contributed by atoms with Crippen molar-refractivity contribution >= 4 is 34.7 Å². The number of hydrogen-bond acceptors (Lipinski definition) is 2. The summed E-state index contributed by atoms with van der Waals surface area (Å²) in [7, 11) is 8.51. The van der Waals surface area contributed by atoms with E-state index in [-0.39, 0.29) is 0 Å². The van der Waals surface area contributed by atoms with Crippen LogP contribution >= 0.6 is 24.4 Å². The number of benzene rings is 1. The third-order valence-corrected chi connectivity index (χ3v) is 4.33. The van der Waals surface area contributed by atoms with E-state index in [1.165, 1.54) is 20.9 Å². The molecule has 0 fully saturated rings. The van der Waals surface area contributed by atoms with Crippen molar-refractivity contribution in [3.05, 3.63) is 35.4 Å². The van der Waals surface area contributed by atoms with Crippen molar-refractivity contribution < 1.29 is 9.80 Å². The number of rotatable bonds is 10. The minimum atomic E-state index is 0.702. The molecular formula is C18H34N6S2+2. The number of quaternary nitrogens is 2. The Kier molecular flexibility index (Phi) is 11.1. The number of nitrogens with one attached hydrogen (secondary N) is 6. The van der Waals surface area contributed by atoms with E-state index in [9.17, 15) is 0 Å². The first-order valence-electron chi connectivity index (χ1n) is 9.06. The van der Waals surface area contributed by atoms with Gasteiger partial charge in [0, 0.05) is 13.1 Å². The molecule has 6 N–H and O–H groups in total. The van der Waals surface area contributed by atoms with Gasteiger partial charge in [-0.05, 0) is 35.6 Å².